The number of carbonyl (C=O) groups excluding carboxylic acids is 2. The second kappa shape index (κ2) is 10.2. The Morgan fingerprint density at radius 1 is 1.12 bits per heavy atom. The lowest BCUT2D eigenvalue weighted by Crippen LogP contribution is -2.53. The van der Waals surface area contributed by atoms with Crippen LogP contribution in [0.3, 0.4) is 0 Å². The molecule has 9 heteroatoms. The number of urea groups is 1. The predicted octanol–water partition coefficient (Wildman–Crippen LogP) is 1.33. The molecule has 0 aliphatic carbocycles. The average Bonchev–Trinajstić information content (AvgIpc) is 2.58. The summed E-state index contributed by atoms with van der Waals surface area (Å²) in [6, 6.07) is 2.22. The van der Waals surface area contributed by atoms with Crippen molar-refractivity contribution in [2.75, 3.05) is 6.67 Å². The van der Waals surface area contributed by atoms with Crippen LogP contribution in [0.25, 0.3) is 0 Å². The molecule has 138 valence electrons. The Labute approximate surface area is 143 Å². The molecule has 0 radical (unpaired) electrons. The maximum atomic E-state index is 12.8. The molecule has 25 heavy (non-hydrogen) atoms. The Bertz CT molecular complexity index is 596. The molecule has 0 aromatic heterocycles. The van der Waals surface area contributed by atoms with Crippen molar-refractivity contribution in [2.45, 2.75) is 38.4 Å². The van der Waals surface area contributed by atoms with Gasteiger partial charge in [-0.3, -0.25) is 4.79 Å². The molecule has 1 aromatic rings. The van der Waals surface area contributed by atoms with Gasteiger partial charge < -0.3 is 21.1 Å². The van der Waals surface area contributed by atoms with Crippen molar-refractivity contribution in [2.24, 2.45) is 0 Å². The highest BCUT2D eigenvalue weighted by molar-refractivity contribution is 5.90. The topological polar surface area (TPSA) is 108 Å². The normalized spacial score (nSPS) is 12.8. The SMILES string of the molecule is CCCC(NC(=O)NCc1ccc(F)cc1)C(=O)NC(CF)C(=O)O. The summed E-state index contributed by atoms with van der Waals surface area (Å²) >= 11 is 0. The van der Waals surface area contributed by atoms with Gasteiger partial charge in [-0.15, -0.1) is 0 Å². The van der Waals surface area contributed by atoms with E-state index in [0.29, 0.717) is 12.0 Å². The Balaban J connectivity index is 2.57. The average molecular weight is 357 g/mol. The van der Waals surface area contributed by atoms with Crippen LogP contribution in [0.2, 0.25) is 0 Å². The van der Waals surface area contributed by atoms with Gasteiger partial charge in [0.15, 0.2) is 6.04 Å². The fraction of sp³-hybridized carbons (Fsp3) is 0.438. The summed E-state index contributed by atoms with van der Waals surface area (Å²) in [5, 5.41) is 15.7. The lowest BCUT2D eigenvalue weighted by atomic mass is 10.1. The Morgan fingerprint density at radius 2 is 1.76 bits per heavy atom. The van der Waals surface area contributed by atoms with Crippen LogP contribution in [0, 0.1) is 5.82 Å². The zero-order valence-corrected chi connectivity index (χ0v) is 13.7. The third-order valence-electron chi connectivity index (χ3n) is 3.33. The smallest absolute Gasteiger partial charge is 0.328 e. The van der Waals surface area contributed by atoms with E-state index in [0.717, 1.165) is 0 Å². The van der Waals surface area contributed by atoms with Gasteiger partial charge in [0.25, 0.3) is 0 Å². The number of carboxylic acid groups (broad SMARTS) is 1. The van der Waals surface area contributed by atoms with E-state index >= 15 is 0 Å². The molecule has 7 nitrogen and oxygen atoms in total. The van der Waals surface area contributed by atoms with E-state index in [2.05, 4.69) is 10.6 Å². The Morgan fingerprint density at radius 3 is 2.28 bits per heavy atom. The third kappa shape index (κ3) is 7.15. The van der Waals surface area contributed by atoms with E-state index in [9.17, 15) is 23.2 Å². The Kier molecular flexibility index (Phi) is 8.31. The molecule has 1 aromatic carbocycles. The molecular formula is C16H21F2N3O4. The number of alkyl halides is 1. The quantitative estimate of drug-likeness (QED) is 0.535. The highest BCUT2D eigenvalue weighted by Gasteiger charge is 2.25. The Hall–Kier alpha value is -2.71. The van der Waals surface area contributed by atoms with Gasteiger partial charge in [0, 0.05) is 6.54 Å². The van der Waals surface area contributed by atoms with Crippen molar-refractivity contribution in [1.82, 2.24) is 16.0 Å². The number of rotatable bonds is 9. The van der Waals surface area contributed by atoms with Gasteiger partial charge in [-0.25, -0.2) is 18.4 Å². The van der Waals surface area contributed by atoms with Gasteiger partial charge in [-0.2, -0.15) is 0 Å². The summed E-state index contributed by atoms with van der Waals surface area (Å²) in [6.45, 7) is 0.647. The summed E-state index contributed by atoms with van der Waals surface area (Å²) in [4.78, 5) is 34.7. The predicted molar refractivity (Wildman–Crippen MR) is 86.0 cm³/mol. The number of hydrogen-bond donors (Lipinski definition) is 4. The van der Waals surface area contributed by atoms with Crippen LogP contribution in [-0.2, 0) is 16.1 Å². The van der Waals surface area contributed by atoms with Crippen molar-refractivity contribution in [1.29, 1.82) is 0 Å². The first kappa shape index (κ1) is 20.3. The largest absolute Gasteiger partial charge is 0.480 e. The van der Waals surface area contributed by atoms with E-state index in [1.807, 2.05) is 5.32 Å². The van der Waals surface area contributed by atoms with Crippen molar-refractivity contribution in [3.8, 4) is 0 Å². The minimum absolute atomic E-state index is 0.120. The van der Waals surface area contributed by atoms with Crippen LogP contribution in [-0.4, -0.2) is 41.8 Å². The lowest BCUT2D eigenvalue weighted by molar-refractivity contribution is -0.142. The van der Waals surface area contributed by atoms with Gasteiger partial charge in [-0.05, 0) is 24.1 Å². The highest BCUT2D eigenvalue weighted by atomic mass is 19.1. The zero-order valence-electron chi connectivity index (χ0n) is 13.7. The second-order valence-corrected chi connectivity index (χ2v) is 5.35. The molecule has 0 heterocycles. The summed E-state index contributed by atoms with van der Waals surface area (Å²) in [5.74, 6) is -2.66. The first-order chi connectivity index (χ1) is 11.9. The van der Waals surface area contributed by atoms with Gasteiger partial charge in [-0.1, -0.05) is 25.5 Å². The molecule has 2 atom stereocenters. The van der Waals surface area contributed by atoms with Gasteiger partial charge in [0.1, 0.15) is 18.5 Å². The van der Waals surface area contributed by atoms with E-state index < -0.39 is 42.5 Å². The molecule has 4 N–H and O–H groups in total. The first-order valence-electron chi connectivity index (χ1n) is 7.75. The van der Waals surface area contributed by atoms with Gasteiger partial charge >= 0.3 is 12.0 Å². The van der Waals surface area contributed by atoms with Crippen molar-refractivity contribution in [3.63, 3.8) is 0 Å². The van der Waals surface area contributed by atoms with Crippen LogP contribution in [0.1, 0.15) is 25.3 Å². The lowest BCUT2D eigenvalue weighted by Gasteiger charge is -2.20. The van der Waals surface area contributed by atoms with E-state index in [4.69, 9.17) is 5.11 Å². The summed E-state index contributed by atoms with van der Waals surface area (Å²) < 4.78 is 25.4. The number of hydrogen-bond acceptors (Lipinski definition) is 3. The maximum Gasteiger partial charge on any atom is 0.328 e. The zero-order chi connectivity index (χ0) is 18.8. The van der Waals surface area contributed by atoms with Crippen LogP contribution in [0.15, 0.2) is 24.3 Å². The molecule has 1 rings (SSSR count). The number of halogens is 2. The molecule has 0 saturated carbocycles. The summed E-state index contributed by atoms with van der Waals surface area (Å²) in [7, 11) is 0. The molecule has 0 fully saturated rings. The third-order valence-corrected chi connectivity index (χ3v) is 3.33. The van der Waals surface area contributed by atoms with Crippen molar-refractivity contribution in [3.05, 3.63) is 35.6 Å². The summed E-state index contributed by atoms with van der Waals surface area (Å²) in [5.41, 5.74) is 0.663. The fourth-order valence-corrected chi connectivity index (χ4v) is 1.99. The number of benzene rings is 1. The minimum atomic E-state index is -1.66. The minimum Gasteiger partial charge on any atom is -0.480 e. The van der Waals surface area contributed by atoms with E-state index in [1.54, 1.807) is 6.92 Å². The monoisotopic (exact) mass is 357 g/mol. The van der Waals surface area contributed by atoms with Crippen LogP contribution in [0.4, 0.5) is 13.6 Å². The van der Waals surface area contributed by atoms with Crippen LogP contribution >= 0.6 is 0 Å². The molecule has 0 bridgehead atoms. The van der Waals surface area contributed by atoms with Crippen molar-refractivity contribution < 1.29 is 28.3 Å². The number of aliphatic carboxylic acids is 1. The molecular weight excluding hydrogens is 336 g/mol. The van der Waals surface area contributed by atoms with Gasteiger partial charge in [0.2, 0.25) is 5.91 Å². The fourth-order valence-electron chi connectivity index (χ4n) is 1.99. The van der Waals surface area contributed by atoms with E-state index in [1.165, 1.54) is 24.3 Å². The molecule has 0 aliphatic rings. The van der Waals surface area contributed by atoms with Crippen LogP contribution < -0.4 is 16.0 Å². The van der Waals surface area contributed by atoms with E-state index in [-0.39, 0.29) is 13.0 Å². The maximum absolute atomic E-state index is 12.8. The first-order valence-corrected chi connectivity index (χ1v) is 7.75. The van der Waals surface area contributed by atoms with Crippen LogP contribution in [0.5, 0.6) is 0 Å². The molecule has 2 unspecified atom stereocenters. The molecule has 3 amide bonds. The highest BCUT2D eigenvalue weighted by Crippen LogP contribution is 2.03. The summed E-state index contributed by atoms with van der Waals surface area (Å²) in [6.07, 6.45) is 0.804. The number of carboxylic acids is 1. The molecule has 0 saturated heterocycles. The second-order valence-electron chi connectivity index (χ2n) is 5.35. The molecule has 0 spiro atoms. The molecule has 0 aliphatic heterocycles. The standard InChI is InChI=1S/C16H21F2N3O4/c1-2-3-12(14(22)20-13(8-17)15(23)24)21-16(25)19-9-10-4-6-11(18)7-5-10/h4-7,12-13H,2-3,8-9H2,1H3,(H,20,22)(H,23,24)(H2,19,21,25). The number of carbonyl (C=O) groups is 3. The number of amides is 3. The number of nitrogens with one attached hydrogen (secondary N) is 3. The van der Waals surface area contributed by atoms with Gasteiger partial charge in [0.05, 0.1) is 0 Å². The van der Waals surface area contributed by atoms with Crippen molar-refractivity contribution >= 4 is 17.9 Å².